The molecule has 0 aromatic carbocycles. The van der Waals surface area contributed by atoms with Gasteiger partial charge in [-0.05, 0) is 19.9 Å². The Balaban J connectivity index is 0.000000810. The van der Waals surface area contributed by atoms with Crippen LogP contribution in [0, 0.1) is 5.92 Å². The quantitative estimate of drug-likeness (QED) is 0.595. The van der Waals surface area contributed by atoms with Gasteiger partial charge in [0.1, 0.15) is 0 Å². The van der Waals surface area contributed by atoms with Crippen LogP contribution in [0.4, 0.5) is 0 Å². The summed E-state index contributed by atoms with van der Waals surface area (Å²) in [6.07, 6.45) is 0.774. The van der Waals surface area contributed by atoms with E-state index >= 15 is 0 Å². The van der Waals surface area contributed by atoms with Crippen LogP contribution in [0.3, 0.4) is 0 Å². The van der Waals surface area contributed by atoms with E-state index < -0.39 is 5.97 Å². The van der Waals surface area contributed by atoms with Crippen LogP contribution in [0.15, 0.2) is 0 Å². The molecule has 3 nitrogen and oxygen atoms in total. The fraction of sp³-hybridized carbons (Fsp3) is 0.833. The summed E-state index contributed by atoms with van der Waals surface area (Å²) in [5.41, 5.74) is 0. The molecule has 1 aliphatic heterocycles. The molecule has 1 rings (SSSR count). The van der Waals surface area contributed by atoms with Gasteiger partial charge in [0, 0.05) is 6.04 Å². The van der Waals surface area contributed by atoms with Gasteiger partial charge in [0.05, 0.1) is 5.92 Å². The van der Waals surface area contributed by atoms with E-state index in [1.807, 2.05) is 6.92 Å². The fourth-order valence-electron chi connectivity index (χ4n) is 1.20. The molecule has 2 unspecified atom stereocenters. The molecule has 0 spiro atoms. The molecule has 2 atom stereocenters. The van der Waals surface area contributed by atoms with Crippen LogP contribution in [-0.2, 0) is 4.79 Å². The zero-order valence-corrected chi connectivity index (χ0v) is 6.65. The number of aliphatic carboxylic acids is 1. The first-order chi connectivity index (χ1) is 4.22. The minimum Gasteiger partial charge on any atom is -0.481 e. The Morgan fingerprint density at radius 3 is 2.50 bits per heavy atom. The molecule has 0 radical (unpaired) electrons. The Labute approximate surface area is 66.2 Å². The molecule has 0 aromatic rings. The van der Waals surface area contributed by atoms with Crippen LogP contribution in [0.5, 0.6) is 0 Å². The number of halogens is 1. The largest absolute Gasteiger partial charge is 0.481 e. The van der Waals surface area contributed by atoms with E-state index in [-0.39, 0.29) is 24.4 Å². The lowest BCUT2D eigenvalue weighted by Gasteiger charge is -2.07. The molecule has 2 N–H and O–H groups in total. The van der Waals surface area contributed by atoms with Gasteiger partial charge in [-0.2, -0.15) is 0 Å². The standard InChI is InChI=1S/C6H11NO2.ClH/c1-4-5(6(8)9)2-3-7-4;/h4-5,7H,2-3H2,1H3,(H,8,9);1H. The first-order valence-electron chi connectivity index (χ1n) is 3.18. The van der Waals surface area contributed by atoms with E-state index in [4.69, 9.17) is 5.11 Å². The van der Waals surface area contributed by atoms with Gasteiger partial charge in [0.15, 0.2) is 0 Å². The van der Waals surface area contributed by atoms with Crippen molar-refractivity contribution in [2.45, 2.75) is 19.4 Å². The summed E-state index contributed by atoms with van der Waals surface area (Å²) in [6, 6.07) is 0.155. The van der Waals surface area contributed by atoms with Crippen LogP contribution in [0.1, 0.15) is 13.3 Å². The second kappa shape index (κ2) is 3.78. The number of hydrogen-bond acceptors (Lipinski definition) is 2. The lowest BCUT2D eigenvalue weighted by molar-refractivity contribution is -0.141. The highest BCUT2D eigenvalue weighted by atomic mass is 35.5. The highest BCUT2D eigenvalue weighted by molar-refractivity contribution is 5.85. The smallest absolute Gasteiger partial charge is 0.308 e. The third-order valence-corrected chi connectivity index (χ3v) is 1.84. The van der Waals surface area contributed by atoms with Gasteiger partial charge in [-0.25, -0.2) is 0 Å². The maximum atomic E-state index is 10.4. The number of hydrogen-bond donors (Lipinski definition) is 2. The molecule has 0 saturated carbocycles. The Hall–Kier alpha value is -0.280. The molecule has 0 aliphatic carbocycles. The number of carboxylic acids is 1. The van der Waals surface area contributed by atoms with Crippen LogP contribution in [0.25, 0.3) is 0 Å². The molecule has 4 heteroatoms. The number of rotatable bonds is 1. The van der Waals surface area contributed by atoms with Crippen molar-refractivity contribution in [3.05, 3.63) is 0 Å². The molecule has 1 fully saturated rings. The highest BCUT2D eigenvalue weighted by Gasteiger charge is 2.28. The third-order valence-electron chi connectivity index (χ3n) is 1.84. The minimum atomic E-state index is -0.674. The van der Waals surface area contributed by atoms with Gasteiger partial charge in [0.2, 0.25) is 0 Å². The van der Waals surface area contributed by atoms with E-state index in [0.717, 1.165) is 13.0 Å². The normalized spacial score (nSPS) is 31.3. The van der Waals surface area contributed by atoms with Gasteiger partial charge in [0.25, 0.3) is 0 Å². The SMILES string of the molecule is CC1NCCC1C(=O)O.Cl. The van der Waals surface area contributed by atoms with Crippen molar-refractivity contribution in [3.8, 4) is 0 Å². The van der Waals surface area contributed by atoms with E-state index in [2.05, 4.69) is 5.32 Å². The molecule has 0 bridgehead atoms. The van der Waals surface area contributed by atoms with Gasteiger partial charge in [-0.1, -0.05) is 0 Å². The minimum absolute atomic E-state index is 0. The lowest BCUT2D eigenvalue weighted by atomic mass is 10.0. The molecule has 60 valence electrons. The van der Waals surface area contributed by atoms with Gasteiger partial charge in [-0.3, -0.25) is 4.79 Å². The molecule has 0 aromatic heterocycles. The van der Waals surface area contributed by atoms with Crippen LogP contribution in [0.2, 0.25) is 0 Å². The van der Waals surface area contributed by atoms with Crippen molar-refractivity contribution in [1.29, 1.82) is 0 Å². The van der Waals surface area contributed by atoms with E-state index in [9.17, 15) is 4.79 Å². The second-order valence-electron chi connectivity index (χ2n) is 2.48. The zero-order valence-electron chi connectivity index (χ0n) is 5.83. The predicted octanol–water partition coefficient (Wildman–Crippen LogP) is 0.491. The predicted molar refractivity (Wildman–Crippen MR) is 40.5 cm³/mol. The highest BCUT2D eigenvalue weighted by Crippen LogP contribution is 2.14. The Morgan fingerprint density at radius 1 is 1.70 bits per heavy atom. The molecular weight excluding hydrogens is 154 g/mol. The Bertz CT molecular complexity index is 129. The molecular formula is C6H12ClNO2. The molecule has 1 heterocycles. The van der Waals surface area contributed by atoms with Crippen LogP contribution >= 0.6 is 12.4 Å². The Morgan fingerprint density at radius 2 is 2.30 bits per heavy atom. The van der Waals surface area contributed by atoms with Gasteiger partial charge >= 0.3 is 5.97 Å². The first kappa shape index (κ1) is 9.72. The monoisotopic (exact) mass is 165 g/mol. The summed E-state index contributed by atoms with van der Waals surface area (Å²) in [5, 5.41) is 11.6. The van der Waals surface area contributed by atoms with Crippen molar-refractivity contribution in [2.75, 3.05) is 6.54 Å². The molecule has 0 amide bonds. The zero-order chi connectivity index (χ0) is 6.85. The Kier molecular flexibility index (Phi) is 3.68. The summed E-state index contributed by atoms with van der Waals surface area (Å²) in [7, 11) is 0. The van der Waals surface area contributed by atoms with Gasteiger partial charge < -0.3 is 10.4 Å². The van der Waals surface area contributed by atoms with Crippen molar-refractivity contribution in [3.63, 3.8) is 0 Å². The summed E-state index contributed by atoms with van der Waals surface area (Å²) in [5.74, 6) is -0.836. The lowest BCUT2D eigenvalue weighted by Crippen LogP contribution is -2.27. The van der Waals surface area contributed by atoms with E-state index in [0.29, 0.717) is 0 Å². The van der Waals surface area contributed by atoms with E-state index in [1.165, 1.54) is 0 Å². The number of carbonyl (C=O) groups is 1. The van der Waals surface area contributed by atoms with Crippen molar-refractivity contribution in [2.24, 2.45) is 5.92 Å². The maximum absolute atomic E-state index is 10.4. The second-order valence-corrected chi connectivity index (χ2v) is 2.48. The summed E-state index contributed by atoms with van der Waals surface area (Å²) in [4.78, 5) is 10.4. The van der Waals surface area contributed by atoms with Crippen LogP contribution in [-0.4, -0.2) is 23.7 Å². The van der Waals surface area contributed by atoms with Crippen molar-refractivity contribution < 1.29 is 9.90 Å². The van der Waals surface area contributed by atoms with Crippen LogP contribution < -0.4 is 5.32 Å². The molecule has 10 heavy (non-hydrogen) atoms. The third kappa shape index (κ3) is 1.85. The molecule has 1 saturated heterocycles. The van der Waals surface area contributed by atoms with Crippen molar-refractivity contribution >= 4 is 18.4 Å². The topological polar surface area (TPSA) is 49.3 Å². The van der Waals surface area contributed by atoms with E-state index in [1.54, 1.807) is 0 Å². The summed E-state index contributed by atoms with van der Waals surface area (Å²) >= 11 is 0. The van der Waals surface area contributed by atoms with Crippen molar-refractivity contribution in [1.82, 2.24) is 5.32 Å². The number of nitrogens with one attached hydrogen (secondary N) is 1. The number of carboxylic acid groups (broad SMARTS) is 1. The summed E-state index contributed by atoms with van der Waals surface area (Å²) < 4.78 is 0. The average molecular weight is 166 g/mol. The average Bonchev–Trinajstić information content (AvgIpc) is 2.13. The van der Waals surface area contributed by atoms with Gasteiger partial charge in [-0.15, -0.1) is 12.4 Å². The summed E-state index contributed by atoms with van der Waals surface area (Å²) in [6.45, 7) is 2.75. The maximum Gasteiger partial charge on any atom is 0.308 e. The fourth-order valence-corrected chi connectivity index (χ4v) is 1.20. The molecule has 1 aliphatic rings. The first-order valence-corrected chi connectivity index (χ1v) is 3.18.